The third-order valence-corrected chi connectivity index (χ3v) is 4.93. The van der Waals surface area contributed by atoms with Crippen LogP contribution in [0.5, 0.6) is 0 Å². The number of piperazine rings is 1. The molecule has 0 radical (unpaired) electrons. The number of rotatable bonds is 2. The Morgan fingerprint density at radius 3 is 2.46 bits per heavy atom. The minimum Gasteiger partial charge on any atom is -0.444 e. The lowest BCUT2D eigenvalue weighted by molar-refractivity contribution is 0.0187. The Balaban J connectivity index is 2.19. The van der Waals surface area contributed by atoms with Crippen LogP contribution in [0.2, 0.25) is 0 Å². The van der Waals surface area contributed by atoms with E-state index < -0.39 is 5.60 Å². The molecule has 2 heterocycles. The lowest BCUT2D eigenvalue weighted by Gasteiger charge is -2.37. The molecule has 1 saturated heterocycles. The van der Waals surface area contributed by atoms with Crippen LogP contribution in [-0.4, -0.2) is 78.8 Å². The van der Waals surface area contributed by atoms with Gasteiger partial charge in [0.25, 0.3) is 0 Å². The predicted molar refractivity (Wildman–Crippen MR) is 118 cm³/mol. The summed E-state index contributed by atoms with van der Waals surface area (Å²) in [4.78, 5) is 27.7. The molecule has 0 N–H and O–H groups in total. The maximum absolute atomic E-state index is 12.3. The van der Waals surface area contributed by atoms with Gasteiger partial charge in [0, 0.05) is 51.0 Å². The summed E-state index contributed by atoms with van der Waals surface area (Å²) in [7, 11) is 3.91. The van der Waals surface area contributed by atoms with Gasteiger partial charge in [-0.3, -0.25) is 0 Å². The van der Waals surface area contributed by atoms with E-state index in [0.717, 1.165) is 28.9 Å². The molecule has 7 nitrogen and oxygen atoms in total. The van der Waals surface area contributed by atoms with E-state index in [1.54, 1.807) is 4.90 Å². The minimum atomic E-state index is -0.483. The molecule has 2 rings (SSSR count). The Morgan fingerprint density at radius 2 is 1.89 bits per heavy atom. The second kappa shape index (κ2) is 9.58. The highest BCUT2D eigenvalue weighted by Gasteiger charge is 2.28. The van der Waals surface area contributed by atoms with Crippen molar-refractivity contribution in [3.05, 3.63) is 22.0 Å². The van der Waals surface area contributed by atoms with Gasteiger partial charge in [0.05, 0.1) is 6.34 Å². The standard InChI is InChI=1S/C20H32BrN5O2/c1-15-7-8-16(21)13-22-18(17(15)23-14-24(5)6)25-9-11-26(12-10-25)19(27)28-20(2,3)4/h13-14H,7-12H2,1-6H3. The number of halogens is 1. The summed E-state index contributed by atoms with van der Waals surface area (Å²) < 4.78 is 6.57. The summed E-state index contributed by atoms with van der Waals surface area (Å²) in [6, 6.07) is 0. The van der Waals surface area contributed by atoms with E-state index in [1.165, 1.54) is 5.57 Å². The fourth-order valence-electron chi connectivity index (χ4n) is 2.87. The molecule has 0 aromatic carbocycles. The van der Waals surface area contributed by atoms with Gasteiger partial charge in [0.15, 0.2) is 5.84 Å². The molecule has 156 valence electrons. The molecule has 0 bridgehead atoms. The Bertz CT molecular complexity index is 696. The number of carbonyl (C=O) groups excluding carboxylic acids is 1. The molecule has 0 saturated carbocycles. The molecule has 1 fully saturated rings. The zero-order valence-corrected chi connectivity index (χ0v) is 19.4. The molecule has 0 unspecified atom stereocenters. The molecule has 0 aromatic heterocycles. The molecule has 1 amide bonds. The largest absolute Gasteiger partial charge is 0.444 e. The molecule has 0 aliphatic carbocycles. The summed E-state index contributed by atoms with van der Waals surface area (Å²) in [6.07, 6.45) is 5.26. The smallest absolute Gasteiger partial charge is 0.410 e. The number of aliphatic imine (C=N–C) groups is 2. The van der Waals surface area contributed by atoms with Gasteiger partial charge < -0.3 is 19.4 Å². The molecule has 0 atom stereocenters. The maximum Gasteiger partial charge on any atom is 0.410 e. The van der Waals surface area contributed by atoms with Crippen LogP contribution < -0.4 is 0 Å². The van der Waals surface area contributed by atoms with Gasteiger partial charge in [-0.15, -0.1) is 0 Å². The van der Waals surface area contributed by atoms with E-state index in [1.807, 2.05) is 52.3 Å². The van der Waals surface area contributed by atoms with Gasteiger partial charge in [-0.2, -0.15) is 0 Å². The Labute approximate surface area is 176 Å². The molecule has 28 heavy (non-hydrogen) atoms. The van der Waals surface area contributed by atoms with Crippen molar-refractivity contribution in [3.63, 3.8) is 0 Å². The van der Waals surface area contributed by atoms with Crippen LogP contribution in [0.4, 0.5) is 4.79 Å². The second-order valence-electron chi connectivity index (χ2n) is 8.32. The number of nitrogens with zero attached hydrogens (tertiary/aromatic N) is 5. The van der Waals surface area contributed by atoms with E-state index in [4.69, 9.17) is 14.7 Å². The summed E-state index contributed by atoms with van der Waals surface area (Å²) >= 11 is 3.59. The average molecular weight is 454 g/mol. The van der Waals surface area contributed by atoms with Crippen LogP contribution >= 0.6 is 15.9 Å². The first kappa shape index (κ1) is 22.5. The summed E-state index contributed by atoms with van der Waals surface area (Å²) in [5, 5.41) is 0. The quantitative estimate of drug-likeness (QED) is 0.470. The zero-order valence-electron chi connectivity index (χ0n) is 17.8. The van der Waals surface area contributed by atoms with Gasteiger partial charge in [-0.05, 0) is 46.1 Å². The number of allylic oxidation sites excluding steroid dienone is 2. The summed E-state index contributed by atoms with van der Waals surface area (Å²) in [5.74, 6) is 0.857. The van der Waals surface area contributed by atoms with Gasteiger partial charge >= 0.3 is 6.09 Å². The predicted octanol–water partition coefficient (Wildman–Crippen LogP) is 3.83. The second-order valence-corrected chi connectivity index (χ2v) is 9.34. The topological polar surface area (TPSA) is 60.7 Å². The van der Waals surface area contributed by atoms with Gasteiger partial charge in [-0.25, -0.2) is 14.8 Å². The molecular formula is C20H32BrN5O2. The molecule has 8 heteroatoms. The van der Waals surface area contributed by atoms with Crippen LogP contribution in [0.25, 0.3) is 0 Å². The van der Waals surface area contributed by atoms with Gasteiger partial charge in [0.1, 0.15) is 11.3 Å². The number of carbonyl (C=O) groups is 1. The third kappa shape index (κ3) is 6.65. The minimum absolute atomic E-state index is 0.257. The van der Waals surface area contributed by atoms with E-state index in [0.29, 0.717) is 26.2 Å². The first-order chi connectivity index (χ1) is 13.1. The zero-order chi connectivity index (χ0) is 20.9. The van der Waals surface area contributed by atoms with E-state index in [2.05, 4.69) is 27.8 Å². The van der Waals surface area contributed by atoms with Crippen LogP contribution in [0.15, 0.2) is 31.9 Å². The first-order valence-corrected chi connectivity index (χ1v) is 10.4. The van der Waals surface area contributed by atoms with E-state index in [-0.39, 0.29) is 6.09 Å². The Hall–Kier alpha value is -1.83. The van der Waals surface area contributed by atoms with Crippen molar-refractivity contribution >= 4 is 34.2 Å². The van der Waals surface area contributed by atoms with Crippen molar-refractivity contribution in [3.8, 4) is 0 Å². The van der Waals surface area contributed by atoms with Gasteiger partial charge in [-0.1, -0.05) is 15.9 Å². The maximum atomic E-state index is 12.3. The fraction of sp³-hybridized carbons (Fsp3) is 0.650. The number of hydrogen-bond donors (Lipinski definition) is 0. The first-order valence-electron chi connectivity index (χ1n) is 9.63. The van der Waals surface area contributed by atoms with E-state index in [9.17, 15) is 4.79 Å². The molecule has 0 spiro atoms. The highest BCUT2D eigenvalue weighted by Crippen LogP contribution is 2.25. The van der Waals surface area contributed by atoms with Crippen LogP contribution in [0, 0.1) is 0 Å². The van der Waals surface area contributed by atoms with Crippen LogP contribution in [-0.2, 0) is 4.74 Å². The van der Waals surface area contributed by atoms with Crippen molar-refractivity contribution in [2.45, 2.75) is 46.1 Å². The van der Waals surface area contributed by atoms with Crippen molar-refractivity contribution in [2.75, 3.05) is 40.3 Å². The third-order valence-electron chi connectivity index (χ3n) is 4.33. The van der Waals surface area contributed by atoms with E-state index >= 15 is 0 Å². The monoisotopic (exact) mass is 453 g/mol. The summed E-state index contributed by atoms with van der Waals surface area (Å²) in [5.41, 5.74) is 1.63. The number of amidine groups is 1. The number of amides is 1. The number of hydrogen-bond acceptors (Lipinski definition) is 5. The SMILES string of the molecule is CC1=C(N=CN(C)C)C(N2CCN(C(=O)OC(C)(C)C)CC2)=NC=C(Br)CC1. The lowest BCUT2D eigenvalue weighted by Crippen LogP contribution is -2.52. The highest BCUT2D eigenvalue weighted by atomic mass is 79.9. The van der Waals surface area contributed by atoms with Gasteiger partial charge in [0.2, 0.25) is 0 Å². The van der Waals surface area contributed by atoms with Crippen molar-refractivity contribution < 1.29 is 9.53 Å². The molecule has 2 aliphatic rings. The normalized spacial score (nSPS) is 19.2. The molecule has 2 aliphatic heterocycles. The van der Waals surface area contributed by atoms with Crippen LogP contribution in [0.1, 0.15) is 40.5 Å². The average Bonchev–Trinajstić information content (AvgIpc) is 2.59. The highest BCUT2D eigenvalue weighted by molar-refractivity contribution is 9.11. The number of ether oxygens (including phenoxy) is 1. The molecular weight excluding hydrogens is 422 g/mol. The Morgan fingerprint density at radius 1 is 1.25 bits per heavy atom. The van der Waals surface area contributed by atoms with Crippen molar-refractivity contribution in [1.29, 1.82) is 0 Å². The van der Waals surface area contributed by atoms with Crippen molar-refractivity contribution in [1.82, 2.24) is 14.7 Å². The Kier molecular flexibility index (Phi) is 7.69. The lowest BCUT2D eigenvalue weighted by atomic mass is 10.1. The van der Waals surface area contributed by atoms with Crippen LogP contribution in [0.3, 0.4) is 0 Å². The summed E-state index contributed by atoms with van der Waals surface area (Å²) in [6.45, 7) is 10.4. The molecule has 0 aromatic rings. The fourth-order valence-corrected chi connectivity index (χ4v) is 3.17. The van der Waals surface area contributed by atoms with Crippen molar-refractivity contribution in [2.24, 2.45) is 9.98 Å².